The Morgan fingerprint density at radius 2 is 2.12 bits per heavy atom. The number of aromatic amines is 1. The lowest BCUT2D eigenvalue weighted by molar-refractivity contribution is 0.0760. The molecule has 2 heterocycles. The number of furan rings is 1. The Hall–Kier alpha value is -2.89. The maximum Gasteiger partial charge on any atom is 0.289 e. The fraction of sp³-hybridized carbons (Fsp3) is 0.263. The zero-order chi connectivity index (χ0) is 17.8. The van der Waals surface area contributed by atoms with Gasteiger partial charge in [-0.2, -0.15) is 5.10 Å². The number of hydrogen-bond donors (Lipinski definition) is 1. The number of carbonyl (C=O) groups is 1. The molecule has 5 nitrogen and oxygen atoms in total. The number of nitrogens with one attached hydrogen (secondary N) is 1. The van der Waals surface area contributed by atoms with E-state index in [1.165, 1.54) is 12.1 Å². The van der Waals surface area contributed by atoms with Crippen molar-refractivity contribution in [1.82, 2.24) is 15.1 Å². The van der Waals surface area contributed by atoms with E-state index >= 15 is 0 Å². The van der Waals surface area contributed by atoms with Crippen molar-refractivity contribution in [3.05, 3.63) is 65.5 Å². The molecule has 0 fully saturated rings. The van der Waals surface area contributed by atoms with E-state index in [0.29, 0.717) is 18.0 Å². The summed E-state index contributed by atoms with van der Waals surface area (Å²) in [5.41, 5.74) is 2.40. The van der Waals surface area contributed by atoms with Crippen LogP contribution in [-0.2, 0) is 6.42 Å². The summed E-state index contributed by atoms with van der Waals surface area (Å²) in [4.78, 5) is 13.8. The van der Waals surface area contributed by atoms with E-state index < -0.39 is 0 Å². The fourth-order valence-corrected chi connectivity index (χ4v) is 2.63. The number of aryl methyl sites for hydroxylation is 2. The molecule has 0 saturated heterocycles. The zero-order valence-electron chi connectivity index (χ0n) is 14.3. The minimum Gasteiger partial charge on any atom is -0.456 e. The average molecular weight is 341 g/mol. The lowest BCUT2D eigenvalue weighted by atomic mass is 10.1. The lowest BCUT2D eigenvalue weighted by Crippen LogP contribution is -2.27. The van der Waals surface area contributed by atoms with Crippen molar-refractivity contribution in [2.24, 2.45) is 0 Å². The minimum atomic E-state index is -0.282. The van der Waals surface area contributed by atoms with E-state index in [0.717, 1.165) is 29.9 Å². The van der Waals surface area contributed by atoms with Gasteiger partial charge in [-0.1, -0.05) is 12.1 Å². The summed E-state index contributed by atoms with van der Waals surface area (Å²) in [5.74, 6) is 0.669. The highest BCUT2D eigenvalue weighted by molar-refractivity contribution is 5.91. The third-order valence-corrected chi connectivity index (χ3v) is 3.99. The van der Waals surface area contributed by atoms with Gasteiger partial charge >= 0.3 is 0 Å². The van der Waals surface area contributed by atoms with E-state index in [2.05, 4.69) is 10.2 Å². The molecule has 25 heavy (non-hydrogen) atoms. The molecule has 0 spiro atoms. The SMILES string of the molecule is Cc1ccc(C(=O)N(C)CCCc2cc(-c3cccc(F)c3)n[nH]2)o1. The summed E-state index contributed by atoms with van der Waals surface area (Å²) in [6, 6.07) is 11.7. The van der Waals surface area contributed by atoms with Gasteiger partial charge in [-0.3, -0.25) is 9.89 Å². The second-order valence-electron chi connectivity index (χ2n) is 6.03. The van der Waals surface area contributed by atoms with Gasteiger partial charge in [-0.05, 0) is 50.1 Å². The van der Waals surface area contributed by atoms with Crippen molar-refractivity contribution in [2.75, 3.05) is 13.6 Å². The van der Waals surface area contributed by atoms with Crippen molar-refractivity contribution < 1.29 is 13.6 Å². The number of halogens is 1. The first-order valence-corrected chi connectivity index (χ1v) is 8.15. The van der Waals surface area contributed by atoms with E-state index in [1.54, 1.807) is 30.1 Å². The van der Waals surface area contributed by atoms with Gasteiger partial charge in [0.1, 0.15) is 11.6 Å². The van der Waals surface area contributed by atoms with E-state index in [-0.39, 0.29) is 11.7 Å². The highest BCUT2D eigenvalue weighted by atomic mass is 19.1. The number of aromatic nitrogens is 2. The predicted octanol–water partition coefficient (Wildman–Crippen LogP) is 3.82. The number of nitrogens with zero attached hydrogens (tertiary/aromatic N) is 2. The van der Waals surface area contributed by atoms with Gasteiger partial charge in [0.05, 0.1) is 5.69 Å². The molecule has 3 aromatic rings. The molecule has 0 aliphatic rings. The highest BCUT2D eigenvalue weighted by Gasteiger charge is 2.15. The molecule has 2 aromatic heterocycles. The van der Waals surface area contributed by atoms with Gasteiger partial charge in [0.15, 0.2) is 5.76 Å². The van der Waals surface area contributed by atoms with Crippen LogP contribution >= 0.6 is 0 Å². The molecule has 0 aliphatic carbocycles. The summed E-state index contributed by atoms with van der Waals surface area (Å²) in [5, 5.41) is 7.19. The predicted molar refractivity (Wildman–Crippen MR) is 92.7 cm³/mol. The third kappa shape index (κ3) is 4.15. The van der Waals surface area contributed by atoms with Crippen LogP contribution in [0.2, 0.25) is 0 Å². The minimum absolute atomic E-state index is 0.127. The van der Waals surface area contributed by atoms with Crippen LogP contribution in [0.5, 0.6) is 0 Å². The Balaban J connectivity index is 1.53. The van der Waals surface area contributed by atoms with E-state index in [4.69, 9.17) is 4.42 Å². The molecule has 130 valence electrons. The Bertz CT molecular complexity index is 869. The van der Waals surface area contributed by atoms with Gasteiger partial charge in [0.25, 0.3) is 5.91 Å². The number of carbonyl (C=O) groups excluding carboxylic acids is 1. The first kappa shape index (κ1) is 17.0. The van der Waals surface area contributed by atoms with Gasteiger partial charge in [0.2, 0.25) is 0 Å². The normalized spacial score (nSPS) is 10.8. The van der Waals surface area contributed by atoms with Crippen LogP contribution in [0.1, 0.15) is 28.4 Å². The van der Waals surface area contributed by atoms with Crippen LogP contribution in [0.4, 0.5) is 4.39 Å². The second kappa shape index (κ2) is 7.34. The maximum atomic E-state index is 13.3. The van der Waals surface area contributed by atoms with Crippen molar-refractivity contribution in [2.45, 2.75) is 19.8 Å². The Labute approximate surface area is 145 Å². The standard InChI is InChI=1S/C19H20FN3O2/c1-13-8-9-18(25-13)19(24)23(2)10-4-7-16-12-17(22-21-16)14-5-3-6-15(20)11-14/h3,5-6,8-9,11-12H,4,7,10H2,1-2H3,(H,21,22). The van der Waals surface area contributed by atoms with Crippen LogP contribution in [0.25, 0.3) is 11.3 Å². The van der Waals surface area contributed by atoms with Crippen LogP contribution in [0.3, 0.4) is 0 Å². The maximum absolute atomic E-state index is 13.3. The summed E-state index contributed by atoms with van der Waals surface area (Å²) in [6.07, 6.45) is 1.53. The summed E-state index contributed by atoms with van der Waals surface area (Å²) in [6.45, 7) is 2.41. The number of rotatable bonds is 6. The van der Waals surface area contributed by atoms with Crippen LogP contribution in [0, 0.1) is 12.7 Å². The van der Waals surface area contributed by atoms with E-state index in [1.807, 2.05) is 19.1 Å². The third-order valence-electron chi connectivity index (χ3n) is 3.99. The van der Waals surface area contributed by atoms with Gasteiger partial charge in [-0.25, -0.2) is 4.39 Å². The second-order valence-corrected chi connectivity index (χ2v) is 6.03. The fourth-order valence-electron chi connectivity index (χ4n) is 2.63. The molecular weight excluding hydrogens is 321 g/mol. The van der Waals surface area contributed by atoms with Crippen molar-refractivity contribution >= 4 is 5.91 Å². The highest BCUT2D eigenvalue weighted by Crippen LogP contribution is 2.19. The van der Waals surface area contributed by atoms with Gasteiger partial charge < -0.3 is 9.32 Å². The molecule has 3 rings (SSSR count). The smallest absolute Gasteiger partial charge is 0.289 e. The summed E-state index contributed by atoms with van der Waals surface area (Å²) < 4.78 is 18.6. The molecule has 0 unspecified atom stereocenters. The molecule has 6 heteroatoms. The molecule has 0 atom stereocenters. The number of H-pyrrole nitrogens is 1. The first-order chi connectivity index (χ1) is 12.0. The average Bonchev–Trinajstić information content (AvgIpc) is 3.23. The molecule has 0 aliphatic heterocycles. The monoisotopic (exact) mass is 341 g/mol. The molecule has 1 N–H and O–H groups in total. The van der Waals surface area contributed by atoms with Gasteiger partial charge in [-0.15, -0.1) is 0 Å². The number of benzene rings is 1. The summed E-state index contributed by atoms with van der Waals surface area (Å²) in [7, 11) is 1.76. The van der Waals surface area contributed by atoms with E-state index in [9.17, 15) is 9.18 Å². The topological polar surface area (TPSA) is 62.1 Å². The van der Waals surface area contributed by atoms with Crippen molar-refractivity contribution in [3.63, 3.8) is 0 Å². The van der Waals surface area contributed by atoms with Crippen molar-refractivity contribution in [3.8, 4) is 11.3 Å². The molecule has 1 amide bonds. The summed E-state index contributed by atoms with van der Waals surface area (Å²) >= 11 is 0. The Morgan fingerprint density at radius 3 is 2.84 bits per heavy atom. The Morgan fingerprint density at radius 1 is 1.28 bits per heavy atom. The quantitative estimate of drug-likeness (QED) is 0.741. The number of hydrogen-bond acceptors (Lipinski definition) is 3. The molecule has 1 aromatic carbocycles. The van der Waals surface area contributed by atoms with Crippen LogP contribution < -0.4 is 0 Å². The van der Waals surface area contributed by atoms with Crippen LogP contribution in [0.15, 0.2) is 46.9 Å². The molecule has 0 radical (unpaired) electrons. The van der Waals surface area contributed by atoms with Gasteiger partial charge in [0, 0.05) is 24.8 Å². The molecule has 0 saturated carbocycles. The Kier molecular flexibility index (Phi) is 4.97. The largest absolute Gasteiger partial charge is 0.456 e. The molecular formula is C19H20FN3O2. The molecule has 0 bridgehead atoms. The van der Waals surface area contributed by atoms with Crippen molar-refractivity contribution in [1.29, 1.82) is 0 Å². The van der Waals surface area contributed by atoms with Crippen LogP contribution in [-0.4, -0.2) is 34.6 Å². The lowest BCUT2D eigenvalue weighted by Gasteiger charge is -2.15. The first-order valence-electron chi connectivity index (χ1n) is 8.15. The number of amides is 1. The zero-order valence-corrected chi connectivity index (χ0v) is 14.3.